The third-order valence-electron chi connectivity index (χ3n) is 4.86. The fourth-order valence-electron chi connectivity index (χ4n) is 3.20. The summed E-state index contributed by atoms with van der Waals surface area (Å²) in [5, 5.41) is 9.29. The van der Waals surface area contributed by atoms with Crippen LogP contribution in [0.5, 0.6) is 5.75 Å². The molecule has 1 saturated heterocycles. The summed E-state index contributed by atoms with van der Waals surface area (Å²) in [5.74, 6) is 2.69. The third kappa shape index (κ3) is 4.63. The van der Waals surface area contributed by atoms with E-state index in [2.05, 4.69) is 4.98 Å². The van der Waals surface area contributed by atoms with Crippen LogP contribution in [0.4, 0.5) is 0 Å². The second kappa shape index (κ2) is 8.71. The van der Waals surface area contributed by atoms with Crippen molar-refractivity contribution < 1.29 is 19.1 Å². The molecule has 1 aromatic heterocycles. The molecule has 29 heavy (non-hydrogen) atoms. The summed E-state index contributed by atoms with van der Waals surface area (Å²) in [6.45, 7) is 2.83. The predicted octanol–water partition coefficient (Wildman–Crippen LogP) is 4.19. The van der Waals surface area contributed by atoms with Crippen molar-refractivity contribution in [3.8, 4) is 17.2 Å². The maximum absolute atomic E-state index is 11.3. The summed E-state index contributed by atoms with van der Waals surface area (Å²) in [6.07, 6.45) is 0. The van der Waals surface area contributed by atoms with Gasteiger partial charge in [-0.05, 0) is 36.8 Å². The highest BCUT2D eigenvalue weighted by atomic mass is 32.2. The van der Waals surface area contributed by atoms with E-state index in [1.54, 1.807) is 11.8 Å². The monoisotopic (exact) mass is 410 g/mol. The van der Waals surface area contributed by atoms with Crippen molar-refractivity contribution in [1.29, 1.82) is 0 Å². The number of carboxylic acid groups (broad SMARTS) is 1. The number of oxazole rings is 1. The highest BCUT2D eigenvalue weighted by Gasteiger charge is 2.30. The number of nitrogens with zero attached hydrogens (tertiary/aromatic N) is 2. The van der Waals surface area contributed by atoms with Crippen molar-refractivity contribution >= 4 is 17.7 Å². The number of thioether (sulfide) groups is 1. The standard InChI is InChI=1S/C22H22N2O4S/c1-15-19(23-21(28-15)17-5-3-2-4-6-17)12-27-18-9-7-16(8-10-18)11-24-14-29-13-20(24)22(25)26/h2-10,20H,11-14H2,1H3,(H,25,26)/t20-/m0/s1. The second-order valence-corrected chi connectivity index (χ2v) is 7.92. The quantitative estimate of drug-likeness (QED) is 0.626. The minimum Gasteiger partial charge on any atom is -0.487 e. The Bertz CT molecular complexity index is 972. The second-order valence-electron chi connectivity index (χ2n) is 6.92. The number of carbonyl (C=O) groups is 1. The van der Waals surface area contributed by atoms with E-state index >= 15 is 0 Å². The van der Waals surface area contributed by atoms with Crippen molar-refractivity contribution in [2.45, 2.75) is 26.1 Å². The van der Waals surface area contributed by atoms with Gasteiger partial charge in [0.25, 0.3) is 0 Å². The lowest BCUT2D eigenvalue weighted by molar-refractivity contribution is -0.141. The Labute approximate surface area is 173 Å². The Kier molecular flexibility index (Phi) is 5.87. The van der Waals surface area contributed by atoms with Crippen LogP contribution in [-0.4, -0.2) is 38.6 Å². The predicted molar refractivity (Wildman–Crippen MR) is 112 cm³/mol. The van der Waals surface area contributed by atoms with Crippen LogP contribution >= 0.6 is 11.8 Å². The summed E-state index contributed by atoms with van der Waals surface area (Å²) in [7, 11) is 0. The number of aryl methyl sites for hydroxylation is 1. The Hall–Kier alpha value is -2.77. The fourth-order valence-corrected chi connectivity index (χ4v) is 4.39. The van der Waals surface area contributed by atoms with Gasteiger partial charge >= 0.3 is 5.97 Å². The number of aromatic nitrogens is 1. The average molecular weight is 410 g/mol. The summed E-state index contributed by atoms with van der Waals surface area (Å²) >= 11 is 1.65. The van der Waals surface area contributed by atoms with Gasteiger partial charge in [0.15, 0.2) is 0 Å². The van der Waals surface area contributed by atoms with E-state index in [1.165, 1.54) is 0 Å². The Morgan fingerprint density at radius 1 is 1.24 bits per heavy atom. The van der Waals surface area contributed by atoms with E-state index in [-0.39, 0.29) is 0 Å². The minimum atomic E-state index is -0.757. The van der Waals surface area contributed by atoms with Crippen LogP contribution in [0.3, 0.4) is 0 Å². The molecule has 3 aromatic rings. The van der Waals surface area contributed by atoms with Gasteiger partial charge in [0.1, 0.15) is 29.9 Å². The Balaban J connectivity index is 1.36. The molecule has 2 heterocycles. The first kappa shape index (κ1) is 19.5. The molecule has 150 valence electrons. The molecule has 1 fully saturated rings. The van der Waals surface area contributed by atoms with Crippen LogP contribution in [0.1, 0.15) is 17.0 Å². The molecule has 1 N–H and O–H groups in total. The number of hydrogen-bond donors (Lipinski definition) is 1. The third-order valence-corrected chi connectivity index (χ3v) is 5.92. The van der Waals surface area contributed by atoms with Crippen molar-refractivity contribution in [3.05, 3.63) is 71.6 Å². The zero-order valence-electron chi connectivity index (χ0n) is 16.1. The molecule has 6 nitrogen and oxygen atoms in total. The van der Waals surface area contributed by atoms with Gasteiger partial charge in [0.2, 0.25) is 5.89 Å². The molecule has 0 aliphatic carbocycles. The topological polar surface area (TPSA) is 75.8 Å². The first-order valence-electron chi connectivity index (χ1n) is 9.38. The molecule has 0 unspecified atom stereocenters. The van der Waals surface area contributed by atoms with Gasteiger partial charge in [0.05, 0.1) is 0 Å². The first-order valence-corrected chi connectivity index (χ1v) is 10.5. The maximum atomic E-state index is 11.3. The van der Waals surface area contributed by atoms with E-state index in [0.717, 1.165) is 34.2 Å². The van der Waals surface area contributed by atoms with Crippen LogP contribution in [0.15, 0.2) is 59.0 Å². The lowest BCUT2D eigenvalue weighted by atomic mass is 10.2. The largest absolute Gasteiger partial charge is 0.487 e. The highest BCUT2D eigenvalue weighted by Crippen LogP contribution is 2.25. The number of benzene rings is 2. The number of aliphatic carboxylic acids is 1. The smallest absolute Gasteiger partial charge is 0.321 e. The fraction of sp³-hybridized carbons (Fsp3) is 0.273. The number of ether oxygens (including phenoxy) is 1. The first-order chi connectivity index (χ1) is 14.1. The number of hydrogen-bond acceptors (Lipinski definition) is 6. The average Bonchev–Trinajstić information content (AvgIpc) is 3.35. The summed E-state index contributed by atoms with van der Waals surface area (Å²) in [4.78, 5) is 17.8. The zero-order chi connectivity index (χ0) is 20.2. The summed E-state index contributed by atoms with van der Waals surface area (Å²) in [6, 6.07) is 17.1. The van der Waals surface area contributed by atoms with Crippen LogP contribution < -0.4 is 4.74 Å². The van der Waals surface area contributed by atoms with Gasteiger partial charge in [-0.25, -0.2) is 4.98 Å². The normalized spacial score (nSPS) is 16.8. The molecule has 1 atom stereocenters. The van der Waals surface area contributed by atoms with Gasteiger partial charge in [-0.1, -0.05) is 30.3 Å². The molecule has 4 rings (SSSR count). The molecule has 7 heteroatoms. The molecule has 0 radical (unpaired) electrons. The number of carboxylic acids is 1. The van der Waals surface area contributed by atoms with Gasteiger partial charge in [-0.15, -0.1) is 11.8 Å². The van der Waals surface area contributed by atoms with Crippen LogP contribution in [0, 0.1) is 6.92 Å². The van der Waals surface area contributed by atoms with Gasteiger partial charge < -0.3 is 14.3 Å². The SMILES string of the molecule is Cc1oc(-c2ccccc2)nc1COc1ccc(CN2CSC[C@H]2C(=O)O)cc1. The molecule has 1 aliphatic heterocycles. The zero-order valence-corrected chi connectivity index (χ0v) is 16.9. The Morgan fingerprint density at radius 3 is 2.72 bits per heavy atom. The lowest BCUT2D eigenvalue weighted by Crippen LogP contribution is -2.37. The van der Waals surface area contributed by atoms with Crippen LogP contribution in [0.25, 0.3) is 11.5 Å². The molecular weight excluding hydrogens is 388 g/mol. The number of rotatable bonds is 7. The van der Waals surface area contributed by atoms with Gasteiger partial charge in [-0.2, -0.15) is 0 Å². The maximum Gasteiger partial charge on any atom is 0.321 e. The molecular formula is C22H22N2O4S. The molecule has 0 spiro atoms. The van der Waals surface area contributed by atoms with E-state index < -0.39 is 12.0 Å². The van der Waals surface area contributed by atoms with Crippen LogP contribution in [0.2, 0.25) is 0 Å². The Morgan fingerprint density at radius 2 is 2.00 bits per heavy atom. The van der Waals surface area contributed by atoms with Gasteiger partial charge in [-0.3, -0.25) is 9.69 Å². The van der Waals surface area contributed by atoms with Gasteiger partial charge in [0, 0.05) is 23.7 Å². The van der Waals surface area contributed by atoms with Crippen molar-refractivity contribution in [3.63, 3.8) is 0 Å². The highest BCUT2D eigenvalue weighted by molar-refractivity contribution is 7.99. The van der Waals surface area contributed by atoms with E-state index in [1.807, 2.05) is 66.4 Å². The molecule has 0 bridgehead atoms. The molecule has 0 amide bonds. The van der Waals surface area contributed by atoms with Crippen molar-refractivity contribution in [2.24, 2.45) is 0 Å². The molecule has 0 saturated carbocycles. The van der Waals surface area contributed by atoms with Crippen LogP contribution in [-0.2, 0) is 17.9 Å². The van der Waals surface area contributed by atoms with E-state index in [0.29, 0.717) is 24.8 Å². The van der Waals surface area contributed by atoms with E-state index in [9.17, 15) is 9.90 Å². The molecule has 2 aromatic carbocycles. The van der Waals surface area contributed by atoms with E-state index in [4.69, 9.17) is 9.15 Å². The summed E-state index contributed by atoms with van der Waals surface area (Å²) < 4.78 is 11.6. The molecule has 1 aliphatic rings. The minimum absolute atomic E-state index is 0.325. The summed E-state index contributed by atoms with van der Waals surface area (Å²) in [5.41, 5.74) is 2.77. The lowest BCUT2D eigenvalue weighted by Gasteiger charge is -2.20. The van der Waals surface area contributed by atoms with Crippen molar-refractivity contribution in [1.82, 2.24) is 9.88 Å². The van der Waals surface area contributed by atoms with Crippen molar-refractivity contribution in [2.75, 3.05) is 11.6 Å².